The minimum atomic E-state index is 0.0840. The third-order valence-electron chi connectivity index (χ3n) is 5.67. The summed E-state index contributed by atoms with van der Waals surface area (Å²) in [6.07, 6.45) is 1.56. The van der Waals surface area contributed by atoms with Gasteiger partial charge in [0.15, 0.2) is 17.3 Å². The van der Waals surface area contributed by atoms with Gasteiger partial charge in [0.05, 0.1) is 21.3 Å². The molecule has 0 amide bonds. The number of ketones is 1. The molecule has 162 valence electrons. The van der Waals surface area contributed by atoms with Crippen molar-refractivity contribution in [3.63, 3.8) is 0 Å². The molecular weight excluding hydrogens is 380 g/mol. The van der Waals surface area contributed by atoms with E-state index in [9.17, 15) is 4.79 Å². The van der Waals surface area contributed by atoms with Crippen LogP contribution in [0.15, 0.2) is 42.5 Å². The summed E-state index contributed by atoms with van der Waals surface area (Å²) in [5.74, 6) is 1.60. The number of rotatable bonds is 10. The van der Waals surface area contributed by atoms with E-state index in [1.54, 1.807) is 33.5 Å². The number of methoxy groups -OCH3 is 3. The largest absolute Gasteiger partial charge is 0.493 e. The Morgan fingerprint density at radius 1 is 0.833 bits per heavy atom. The fourth-order valence-corrected chi connectivity index (χ4v) is 3.81. The summed E-state index contributed by atoms with van der Waals surface area (Å²) in [6.45, 7) is 5.94. The van der Waals surface area contributed by atoms with Gasteiger partial charge in [-0.2, -0.15) is 0 Å². The van der Waals surface area contributed by atoms with E-state index in [0.717, 1.165) is 45.7 Å². The molecule has 1 aliphatic heterocycles. The van der Waals surface area contributed by atoms with Gasteiger partial charge in [-0.3, -0.25) is 4.79 Å². The topological polar surface area (TPSA) is 51.2 Å². The van der Waals surface area contributed by atoms with Crippen molar-refractivity contribution >= 4 is 5.78 Å². The molecule has 0 aliphatic carbocycles. The van der Waals surface area contributed by atoms with E-state index in [2.05, 4.69) is 40.1 Å². The van der Waals surface area contributed by atoms with Crippen molar-refractivity contribution in [2.24, 2.45) is 0 Å². The van der Waals surface area contributed by atoms with Gasteiger partial charge in [0.2, 0.25) is 5.75 Å². The van der Waals surface area contributed by atoms with Crippen LogP contribution in [0.3, 0.4) is 0 Å². The quantitative estimate of drug-likeness (QED) is 0.559. The third-order valence-corrected chi connectivity index (χ3v) is 5.67. The van der Waals surface area contributed by atoms with Crippen molar-refractivity contribution < 1.29 is 19.0 Å². The van der Waals surface area contributed by atoms with Crippen molar-refractivity contribution in [1.29, 1.82) is 0 Å². The number of piperazine rings is 1. The zero-order chi connectivity index (χ0) is 21.3. The Morgan fingerprint density at radius 2 is 1.40 bits per heavy atom. The van der Waals surface area contributed by atoms with Crippen LogP contribution < -0.4 is 14.2 Å². The fraction of sp³-hybridized carbons (Fsp3) is 0.458. The zero-order valence-corrected chi connectivity index (χ0v) is 18.2. The highest BCUT2D eigenvalue weighted by atomic mass is 16.5. The van der Waals surface area contributed by atoms with Gasteiger partial charge in [0.25, 0.3) is 0 Å². The second-order valence-corrected chi connectivity index (χ2v) is 7.51. The van der Waals surface area contributed by atoms with Crippen LogP contribution in [0.5, 0.6) is 17.2 Å². The lowest BCUT2D eigenvalue weighted by atomic mass is 10.1. The number of ether oxygens (including phenoxy) is 3. The number of carbonyl (C=O) groups excluding carboxylic acids is 1. The Bertz CT molecular complexity index is 792. The maximum absolute atomic E-state index is 12.8. The highest BCUT2D eigenvalue weighted by molar-refractivity contribution is 5.97. The van der Waals surface area contributed by atoms with Crippen molar-refractivity contribution in [3.05, 3.63) is 53.6 Å². The fourth-order valence-electron chi connectivity index (χ4n) is 3.81. The predicted molar refractivity (Wildman–Crippen MR) is 118 cm³/mol. The van der Waals surface area contributed by atoms with Crippen molar-refractivity contribution in [2.75, 3.05) is 60.6 Å². The highest BCUT2D eigenvalue weighted by Crippen LogP contribution is 2.38. The van der Waals surface area contributed by atoms with E-state index in [-0.39, 0.29) is 5.78 Å². The summed E-state index contributed by atoms with van der Waals surface area (Å²) in [5.41, 5.74) is 1.97. The normalized spacial score (nSPS) is 15.0. The van der Waals surface area contributed by atoms with Gasteiger partial charge < -0.3 is 24.0 Å². The molecule has 1 aliphatic rings. The average molecular weight is 413 g/mol. The summed E-state index contributed by atoms with van der Waals surface area (Å²) in [6, 6.07) is 14.1. The summed E-state index contributed by atoms with van der Waals surface area (Å²) >= 11 is 0. The van der Waals surface area contributed by atoms with Gasteiger partial charge in [-0.1, -0.05) is 30.3 Å². The number of Topliss-reactive ketones (excluding diaryl/α,β-unsaturated/α-hetero) is 1. The lowest BCUT2D eigenvalue weighted by molar-refractivity contribution is 0.0928. The summed E-state index contributed by atoms with van der Waals surface area (Å²) in [5, 5.41) is 0. The van der Waals surface area contributed by atoms with E-state index in [1.165, 1.54) is 5.56 Å². The van der Waals surface area contributed by atoms with Gasteiger partial charge in [-0.15, -0.1) is 0 Å². The minimum absolute atomic E-state index is 0.0840. The molecule has 3 rings (SSSR count). The Morgan fingerprint density at radius 3 is 1.93 bits per heavy atom. The van der Waals surface area contributed by atoms with Gasteiger partial charge in [-0.05, 0) is 24.1 Å². The van der Waals surface area contributed by atoms with Crippen molar-refractivity contribution in [1.82, 2.24) is 9.80 Å². The standard InChI is InChI=1S/C24H32N2O4/c1-28-22-17-20(18-23(29-2)24(22)30-3)21(27)10-12-26-15-13-25(14-16-26)11-9-19-7-5-4-6-8-19/h4-8,17-18H,9-16H2,1-3H3. The lowest BCUT2D eigenvalue weighted by Crippen LogP contribution is -2.47. The molecule has 0 bridgehead atoms. The number of benzene rings is 2. The van der Waals surface area contributed by atoms with Crippen LogP contribution in [-0.2, 0) is 6.42 Å². The Hall–Kier alpha value is -2.57. The molecule has 1 heterocycles. The van der Waals surface area contributed by atoms with Crippen molar-refractivity contribution in [2.45, 2.75) is 12.8 Å². The molecule has 2 aromatic carbocycles. The van der Waals surface area contributed by atoms with Crippen LogP contribution in [-0.4, -0.2) is 76.2 Å². The molecule has 0 saturated carbocycles. The smallest absolute Gasteiger partial charge is 0.203 e. The molecule has 1 saturated heterocycles. The van der Waals surface area contributed by atoms with Crippen LogP contribution in [0, 0.1) is 0 Å². The van der Waals surface area contributed by atoms with Crippen molar-refractivity contribution in [3.8, 4) is 17.2 Å². The first-order chi connectivity index (χ1) is 14.6. The summed E-state index contributed by atoms with van der Waals surface area (Å²) < 4.78 is 16.0. The van der Waals surface area contributed by atoms with E-state index >= 15 is 0 Å². The molecule has 0 N–H and O–H groups in total. The SMILES string of the molecule is COc1cc(C(=O)CCN2CCN(CCc3ccccc3)CC2)cc(OC)c1OC. The van der Waals surface area contributed by atoms with Gasteiger partial charge in [0.1, 0.15) is 0 Å². The zero-order valence-electron chi connectivity index (χ0n) is 18.2. The number of hydrogen-bond acceptors (Lipinski definition) is 6. The number of hydrogen-bond donors (Lipinski definition) is 0. The summed E-state index contributed by atoms with van der Waals surface area (Å²) in [4.78, 5) is 17.6. The van der Waals surface area contributed by atoms with Gasteiger partial charge >= 0.3 is 0 Å². The van der Waals surface area contributed by atoms with Crippen LogP contribution in [0.25, 0.3) is 0 Å². The molecule has 0 radical (unpaired) electrons. The second kappa shape index (κ2) is 11.0. The van der Waals surface area contributed by atoms with E-state index in [4.69, 9.17) is 14.2 Å². The highest BCUT2D eigenvalue weighted by Gasteiger charge is 2.20. The molecule has 30 heavy (non-hydrogen) atoms. The number of nitrogens with zero attached hydrogens (tertiary/aromatic N) is 2. The van der Waals surface area contributed by atoms with Gasteiger partial charge in [-0.25, -0.2) is 0 Å². The van der Waals surface area contributed by atoms with Crippen LogP contribution in [0.1, 0.15) is 22.3 Å². The molecular formula is C24H32N2O4. The first kappa shape index (κ1) is 22.1. The predicted octanol–water partition coefficient (Wildman–Crippen LogP) is 3.15. The molecule has 6 nitrogen and oxygen atoms in total. The molecule has 6 heteroatoms. The Labute approximate surface area is 179 Å². The lowest BCUT2D eigenvalue weighted by Gasteiger charge is -2.34. The molecule has 0 unspecified atom stereocenters. The van der Waals surface area contributed by atoms with Crippen LogP contribution >= 0.6 is 0 Å². The maximum atomic E-state index is 12.8. The van der Waals surface area contributed by atoms with Crippen LogP contribution in [0.4, 0.5) is 0 Å². The van der Waals surface area contributed by atoms with Gasteiger partial charge in [0, 0.05) is 51.3 Å². The second-order valence-electron chi connectivity index (χ2n) is 7.51. The monoisotopic (exact) mass is 412 g/mol. The first-order valence-electron chi connectivity index (χ1n) is 10.5. The van der Waals surface area contributed by atoms with E-state index in [0.29, 0.717) is 29.2 Å². The van der Waals surface area contributed by atoms with E-state index < -0.39 is 0 Å². The molecule has 0 aromatic heterocycles. The Kier molecular flexibility index (Phi) is 8.11. The minimum Gasteiger partial charge on any atom is -0.493 e. The van der Waals surface area contributed by atoms with E-state index in [1.807, 2.05) is 0 Å². The molecule has 1 fully saturated rings. The Balaban J connectivity index is 1.47. The first-order valence-corrected chi connectivity index (χ1v) is 10.5. The molecule has 0 spiro atoms. The van der Waals surface area contributed by atoms with Crippen LogP contribution in [0.2, 0.25) is 0 Å². The maximum Gasteiger partial charge on any atom is 0.203 e. The summed E-state index contributed by atoms with van der Waals surface area (Å²) in [7, 11) is 4.67. The third kappa shape index (κ3) is 5.74. The molecule has 0 atom stereocenters. The number of carbonyl (C=O) groups is 1. The average Bonchev–Trinajstić information content (AvgIpc) is 2.81. The molecule has 2 aromatic rings.